The normalized spacial score (nSPS) is 14.8. The van der Waals surface area contributed by atoms with Gasteiger partial charge in [-0.3, -0.25) is 0 Å². The average Bonchev–Trinajstić information content (AvgIpc) is 2.22. The van der Waals surface area contributed by atoms with E-state index in [9.17, 15) is 0 Å². The zero-order valence-corrected chi connectivity index (χ0v) is 12.0. The molecule has 0 saturated heterocycles. The largest absolute Gasteiger partial charge is 0.324 e. The minimum Gasteiger partial charge on any atom is -0.324 e. The van der Waals surface area contributed by atoms with Crippen molar-refractivity contribution in [3.63, 3.8) is 0 Å². The van der Waals surface area contributed by atoms with Gasteiger partial charge in [-0.2, -0.15) is 0 Å². The van der Waals surface area contributed by atoms with E-state index < -0.39 is 0 Å². The van der Waals surface area contributed by atoms with E-state index in [1.165, 1.54) is 24.0 Å². The number of hydrogen-bond donors (Lipinski definition) is 1. The van der Waals surface area contributed by atoms with Crippen molar-refractivity contribution in [3.8, 4) is 0 Å². The van der Waals surface area contributed by atoms with E-state index in [1.54, 1.807) is 0 Å². The second-order valence-electron chi connectivity index (χ2n) is 4.69. The predicted octanol–water partition coefficient (Wildman–Crippen LogP) is 4.58. The van der Waals surface area contributed by atoms with Crippen LogP contribution >= 0.6 is 15.9 Å². The first-order valence-corrected chi connectivity index (χ1v) is 6.86. The van der Waals surface area contributed by atoms with Gasteiger partial charge in [-0.15, -0.1) is 0 Å². The van der Waals surface area contributed by atoms with E-state index >= 15 is 0 Å². The molecule has 1 aromatic rings. The lowest BCUT2D eigenvalue weighted by Gasteiger charge is -2.19. The van der Waals surface area contributed by atoms with Crippen LogP contribution in [0.2, 0.25) is 0 Å². The Morgan fingerprint density at radius 3 is 2.69 bits per heavy atom. The molecule has 0 aliphatic carbocycles. The van der Waals surface area contributed by atoms with Gasteiger partial charge in [0.15, 0.2) is 0 Å². The van der Waals surface area contributed by atoms with Gasteiger partial charge < -0.3 is 5.73 Å². The van der Waals surface area contributed by atoms with Gasteiger partial charge in [0.1, 0.15) is 0 Å². The van der Waals surface area contributed by atoms with Crippen molar-refractivity contribution in [1.29, 1.82) is 0 Å². The minimum atomic E-state index is 0.166. The highest BCUT2D eigenvalue weighted by molar-refractivity contribution is 9.10. The third-order valence-electron chi connectivity index (χ3n) is 3.15. The fourth-order valence-electron chi connectivity index (χ4n) is 2.20. The molecule has 0 aliphatic heterocycles. The fraction of sp³-hybridized carbons (Fsp3) is 0.571. The summed E-state index contributed by atoms with van der Waals surface area (Å²) in [6.07, 6.45) is 3.58. The maximum absolute atomic E-state index is 6.28. The average molecular weight is 284 g/mol. The molecular weight excluding hydrogens is 262 g/mol. The van der Waals surface area contributed by atoms with E-state index in [2.05, 4.69) is 54.9 Å². The zero-order valence-electron chi connectivity index (χ0n) is 10.5. The smallest absolute Gasteiger partial charge is 0.0300 e. The van der Waals surface area contributed by atoms with Gasteiger partial charge >= 0.3 is 0 Å². The summed E-state index contributed by atoms with van der Waals surface area (Å²) in [5.41, 5.74) is 8.83. The van der Waals surface area contributed by atoms with Crippen LogP contribution in [0.1, 0.15) is 50.3 Å². The molecular formula is C14H22BrN. The van der Waals surface area contributed by atoms with E-state index in [0.717, 1.165) is 10.9 Å². The third-order valence-corrected chi connectivity index (χ3v) is 4.01. The summed E-state index contributed by atoms with van der Waals surface area (Å²) in [6.45, 7) is 6.65. The number of nitrogens with two attached hydrogens (primary N) is 1. The lowest BCUT2D eigenvalue weighted by atomic mass is 9.91. The van der Waals surface area contributed by atoms with Crippen molar-refractivity contribution in [2.75, 3.05) is 0 Å². The molecule has 0 aromatic heterocycles. The van der Waals surface area contributed by atoms with Gasteiger partial charge in [0.05, 0.1) is 0 Å². The molecule has 0 fully saturated rings. The highest BCUT2D eigenvalue weighted by Gasteiger charge is 2.13. The quantitative estimate of drug-likeness (QED) is 0.841. The first kappa shape index (κ1) is 13.7. The Balaban J connectivity index is 2.72. The predicted molar refractivity (Wildman–Crippen MR) is 74.5 cm³/mol. The van der Waals surface area contributed by atoms with Crippen LogP contribution in [-0.2, 0) is 0 Å². The molecule has 0 radical (unpaired) electrons. The number of hydrogen-bond acceptors (Lipinski definition) is 1. The Morgan fingerprint density at radius 2 is 2.06 bits per heavy atom. The Morgan fingerprint density at radius 1 is 1.38 bits per heavy atom. The SMILES string of the molecule is CCCC(C)CC(N)c1cccc(Br)c1C. The highest BCUT2D eigenvalue weighted by atomic mass is 79.9. The highest BCUT2D eigenvalue weighted by Crippen LogP contribution is 2.27. The molecule has 0 spiro atoms. The molecule has 1 rings (SSSR count). The molecule has 2 heteroatoms. The lowest BCUT2D eigenvalue weighted by molar-refractivity contribution is 0.439. The summed E-state index contributed by atoms with van der Waals surface area (Å²) < 4.78 is 1.16. The van der Waals surface area contributed by atoms with E-state index in [-0.39, 0.29) is 6.04 Å². The summed E-state index contributed by atoms with van der Waals surface area (Å²) in [5.74, 6) is 0.707. The summed E-state index contributed by atoms with van der Waals surface area (Å²) in [5, 5.41) is 0. The Labute approximate surface area is 108 Å². The van der Waals surface area contributed by atoms with Crippen LogP contribution in [0, 0.1) is 12.8 Å². The van der Waals surface area contributed by atoms with Crippen molar-refractivity contribution in [2.24, 2.45) is 11.7 Å². The van der Waals surface area contributed by atoms with Crippen molar-refractivity contribution in [3.05, 3.63) is 33.8 Å². The summed E-state index contributed by atoms with van der Waals surface area (Å²) >= 11 is 3.56. The molecule has 1 nitrogen and oxygen atoms in total. The van der Waals surface area contributed by atoms with Gasteiger partial charge in [0.25, 0.3) is 0 Å². The second-order valence-corrected chi connectivity index (χ2v) is 5.54. The molecule has 0 bridgehead atoms. The van der Waals surface area contributed by atoms with Crippen LogP contribution in [0.3, 0.4) is 0 Å². The molecule has 2 atom stereocenters. The molecule has 16 heavy (non-hydrogen) atoms. The number of halogens is 1. The van der Waals surface area contributed by atoms with Gasteiger partial charge in [-0.1, -0.05) is 54.8 Å². The maximum atomic E-state index is 6.28. The third kappa shape index (κ3) is 3.60. The Hall–Kier alpha value is -0.340. The Kier molecular flexibility index (Phi) is 5.50. The van der Waals surface area contributed by atoms with Crippen molar-refractivity contribution < 1.29 is 0 Å². The van der Waals surface area contributed by atoms with Crippen molar-refractivity contribution in [1.82, 2.24) is 0 Å². The molecule has 2 unspecified atom stereocenters. The van der Waals surface area contributed by atoms with Gasteiger partial charge in [-0.05, 0) is 36.5 Å². The van der Waals surface area contributed by atoms with Gasteiger partial charge in [0, 0.05) is 10.5 Å². The minimum absolute atomic E-state index is 0.166. The molecule has 0 saturated carbocycles. The number of benzene rings is 1. The first-order chi connectivity index (χ1) is 7.56. The molecule has 0 heterocycles. The van der Waals surface area contributed by atoms with Gasteiger partial charge in [-0.25, -0.2) is 0 Å². The molecule has 0 aliphatic rings. The monoisotopic (exact) mass is 283 g/mol. The van der Waals surface area contributed by atoms with E-state index in [0.29, 0.717) is 5.92 Å². The van der Waals surface area contributed by atoms with Crippen LogP contribution in [0.25, 0.3) is 0 Å². The summed E-state index contributed by atoms with van der Waals surface area (Å²) in [6, 6.07) is 6.44. The molecule has 2 N–H and O–H groups in total. The molecule has 90 valence electrons. The summed E-state index contributed by atoms with van der Waals surface area (Å²) in [7, 11) is 0. The van der Waals surface area contributed by atoms with E-state index in [4.69, 9.17) is 5.73 Å². The van der Waals surface area contributed by atoms with Crippen LogP contribution in [0.5, 0.6) is 0 Å². The van der Waals surface area contributed by atoms with Gasteiger partial charge in [0.2, 0.25) is 0 Å². The van der Waals surface area contributed by atoms with Crippen LogP contribution in [-0.4, -0.2) is 0 Å². The second kappa shape index (κ2) is 6.41. The van der Waals surface area contributed by atoms with Crippen LogP contribution in [0.15, 0.2) is 22.7 Å². The van der Waals surface area contributed by atoms with E-state index in [1.807, 2.05) is 0 Å². The van der Waals surface area contributed by atoms with Crippen LogP contribution < -0.4 is 5.73 Å². The Bertz CT molecular complexity index is 336. The van der Waals surface area contributed by atoms with Crippen LogP contribution in [0.4, 0.5) is 0 Å². The van der Waals surface area contributed by atoms with Crippen molar-refractivity contribution >= 4 is 15.9 Å². The zero-order chi connectivity index (χ0) is 12.1. The fourth-order valence-corrected chi connectivity index (χ4v) is 2.58. The maximum Gasteiger partial charge on any atom is 0.0300 e. The van der Waals surface area contributed by atoms with Crippen molar-refractivity contribution in [2.45, 2.75) is 46.1 Å². The number of rotatable bonds is 5. The lowest BCUT2D eigenvalue weighted by Crippen LogP contribution is -2.15. The first-order valence-electron chi connectivity index (χ1n) is 6.06. The molecule has 1 aromatic carbocycles. The topological polar surface area (TPSA) is 26.0 Å². The molecule has 0 amide bonds. The standard InChI is InChI=1S/C14H22BrN/c1-4-6-10(2)9-14(16)12-7-5-8-13(15)11(12)3/h5,7-8,10,14H,4,6,9,16H2,1-3H3. The summed E-state index contributed by atoms with van der Waals surface area (Å²) in [4.78, 5) is 0.